The zero-order chi connectivity index (χ0) is 23.2. The maximum atomic E-state index is 13.6. The van der Waals surface area contributed by atoms with E-state index in [0.717, 1.165) is 52.8 Å². The van der Waals surface area contributed by atoms with E-state index in [0.29, 0.717) is 12.0 Å². The maximum absolute atomic E-state index is 13.6. The number of rotatable bonds is 6. The van der Waals surface area contributed by atoms with Crippen LogP contribution in [0.2, 0.25) is 0 Å². The van der Waals surface area contributed by atoms with Gasteiger partial charge in [0.25, 0.3) is 0 Å². The third-order valence-electron chi connectivity index (χ3n) is 8.23. The van der Waals surface area contributed by atoms with Crippen LogP contribution in [0.3, 0.4) is 0 Å². The van der Waals surface area contributed by atoms with E-state index in [9.17, 15) is 4.79 Å². The van der Waals surface area contributed by atoms with Crippen molar-refractivity contribution >= 4 is 34.7 Å². The van der Waals surface area contributed by atoms with Crippen molar-refractivity contribution in [1.82, 2.24) is 14.8 Å². The van der Waals surface area contributed by atoms with Crippen LogP contribution >= 0.6 is 23.1 Å². The summed E-state index contributed by atoms with van der Waals surface area (Å²) in [5, 5.41) is 12.1. The highest BCUT2D eigenvalue weighted by molar-refractivity contribution is 8.00. The third kappa shape index (κ3) is 3.91. The fraction of sp³-hybridized carbons (Fsp3) is 0.519. The predicted octanol–water partition coefficient (Wildman–Crippen LogP) is 6.46. The van der Waals surface area contributed by atoms with Gasteiger partial charge in [-0.15, -0.1) is 21.5 Å². The molecule has 0 N–H and O–H groups in total. The maximum Gasteiger partial charge on any atom is 0.240 e. The van der Waals surface area contributed by atoms with Gasteiger partial charge in [0, 0.05) is 18.3 Å². The Morgan fingerprint density at radius 3 is 2.76 bits per heavy atom. The van der Waals surface area contributed by atoms with Crippen molar-refractivity contribution in [3.05, 3.63) is 47.3 Å². The number of hydrogen-bond donors (Lipinski definition) is 0. The first kappa shape index (κ1) is 22.4. The number of hydrogen-bond acceptors (Lipinski definition) is 5. The lowest BCUT2D eigenvalue weighted by atomic mass is 9.84. The van der Waals surface area contributed by atoms with E-state index >= 15 is 0 Å². The Kier molecular flexibility index (Phi) is 6.02. The molecule has 5 unspecified atom stereocenters. The minimum absolute atomic E-state index is 0.164. The average molecular weight is 493 g/mol. The Bertz CT molecular complexity index is 1170. The van der Waals surface area contributed by atoms with Crippen LogP contribution in [0.15, 0.2) is 46.9 Å². The lowest BCUT2D eigenvalue weighted by Gasteiger charge is -2.32. The summed E-state index contributed by atoms with van der Waals surface area (Å²) in [5.41, 5.74) is 2.34. The van der Waals surface area contributed by atoms with E-state index in [1.54, 1.807) is 23.1 Å². The minimum Gasteiger partial charge on any atom is -0.311 e. The van der Waals surface area contributed by atoms with Crippen LogP contribution in [0, 0.1) is 17.8 Å². The van der Waals surface area contributed by atoms with Crippen molar-refractivity contribution in [1.29, 1.82) is 0 Å². The molecule has 3 heterocycles. The second-order valence-electron chi connectivity index (χ2n) is 10.2. The van der Waals surface area contributed by atoms with Crippen LogP contribution in [-0.2, 0) is 11.2 Å². The molecule has 1 amide bonds. The van der Waals surface area contributed by atoms with Crippen molar-refractivity contribution in [2.24, 2.45) is 17.8 Å². The standard InChI is InChI=1S/C27H32N4OS2/c1-17(22-16-19-11-12-21(22)15-19)31-25(24-10-6-14-33-24)28-29-27(31)34-18(2)26(32)30-13-5-8-20-7-3-4-9-23(20)30/h3-4,6-7,9-10,14,17-19,21-22H,5,8,11-13,15-16H2,1-2H3. The number of thioether (sulfide) groups is 1. The van der Waals surface area contributed by atoms with Crippen LogP contribution in [0.1, 0.15) is 57.6 Å². The number of carbonyl (C=O) groups excluding carboxylic acids is 1. The first-order valence-electron chi connectivity index (χ1n) is 12.6. The van der Waals surface area contributed by atoms with Gasteiger partial charge in [0.05, 0.1) is 10.1 Å². The Balaban J connectivity index is 1.29. The van der Waals surface area contributed by atoms with Crippen molar-refractivity contribution in [2.45, 2.75) is 68.8 Å². The Morgan fingerprint density at radius 2 is 2.00 bits per heavy atom. The number of carbonyl (C=O) groups is 1. The van der Waals surface area contributed by atoms with Crippen LogP contribution in [0.4, 0.5) is 5.69 Å². The molecule has 2 saturated carbocycles. The molecular weight excluding hydrogens is 460 g/mol. The molecule has 2 aromatic heterocycles. The number of amides is 1. The summed E-state index contributed by atoms with van der Waals surface area (Å²) in [7, 11) is 0. The molecule has 7 heteroatoms. The quantitative estimate of drug-likeness (QED) is 0.370. The summed E-state index contributed by atoms with van der Waals surface area (Å²) in [4.78, 5) is 16.7. The minimum atomic E-state index is -0.225. The highest BCUT2D eigenvalue weighted by Crippen LogP contribution is 2.53. The predicted molar refractivity (Wildman–Crippen MR) is 139 cm³/mol. The first-order chi connectivity index (χ1) is 16.6. The number of aromatic nitrogens is 3. The van der Waals surface area contributed by atoms with Gasteiger partial charge in [-0.25, -0.2) is 0 Å². The molecule has 3 aliphatic rings. The number of aryl methyl sites for hydroxylation is 1. The van der Waals surface area contributed by atoms with Gasteiger partial charge in [-0.05, 0) is 86.8 Å². The van der Waals surface area contributed by atoms with Gasteiger partial charge in [0.2, 0.25) is 5.91 Å². The van der Waals surface area contributed by atoms with Crippen LogP contribution in [-0.4, -0.2) is 32.5 Å². The van der Waals surface area contributed by atoms with Gasteiger partial charge in [-0.2, -0.15) is 0 Å². The lowest BCUT2D eigenvalue weighted by Crippen LogP contribution is -2.40. The Labute approximate surface area is 210 Å². The lowest BCUT2D eigenvalue weighted by molar-refractivity contribution is -0.117. The second kappa shape index (κ2) is 9.15. The van der Waals surface area contributed by atoms with Crippen LogP contribution < -0.4 is 4.90 Å². The molecule has 0 radical (unpaired) electrons. The molecule has 6 rings (SSSR count). The summed E-state index contributed by atoms with van der Waals surface area (Å²) < 4.78 is 2.36. The molecule has 5 atom stereocenters. The number of para-hydroxylation sites is 1. The monoisotopic (exact) mass is 492 g/mol. The zero-order valence-corrected chi connectivity index (χ0v) is 21.5. The number of anilines is 1. The summed E-state index contributed by atoms with van der Waals surface area (Å²) in [5.74, 6) is 3.51. The van der Waals surface area contributed by atoms with Gasteiger partial charge in [-0.3, -0.25) is 9.36 Å². The van der Waals surface area contributed by atoms with Crippen LogP contribution in [0.5, 0.6) is 0 Å². The molecule has 1 aromatic carbocycles. The summed E-state index contributed by atoms with van der Waals surface area (Å²) in [6.07, 6.45) is 7.52. The molecule has 0 spiro atoms. The molecule has 3 aromatic rings. The van der Waals surface area contributed by atoms with Crippen molar-refractivity contribution in [3.8, 4) is 10.7 Å². The van der Waals surface area contributed by atoms with Crippen LogP contribution in [0.25, 0.3) is 10.7 Å². The van der Waals surface area contributed by atoms with E-state index in [2.05, 4.69) is 57.4 Å². The normalized spacial score (nSPS) is 25.4. The molecule has 2 aliphatic carbocycles. The van der Waals surface area contributed by atoms with Gasteiger partial charge in [0.15, 0.2) is 11.0 Å². The second-order valence-corrected chi connectivity index (χ2v) is 12.5. The van der Waals surface area contributed by atoms with Crippen molar-refractivity contribution < 1.29 is 4.79 Å². The summed E-state index contributed by atoms with van der Waals surface area (Å²) in [6, 6.07) is 12.9. The van der Waals surface area contributed by atoms with E-state index in [1.165, 1.54) is 31.2 Å². The van der Waals surface area contributed by atoms with E-state index in [-0.39, 0.29) is 11.2 Å². The number of fused-ring (bicyclic) bond motifs is 3. The number of thiophene rings is 1. The molecule has 0 saturated heterocycles. The van der Waals surface area contributed by atoms with E-state index < -0.39 is 0 Å². The van der Waals surface area contributed by atoms with Gasteiger partial charge >= 0.3 is 0 Å². The topological polar surface area (TPSA) is 51.0 Å². The van der Waals surface area contributed by atoms with Gasteiger partial charge < -0.3 is 4.90 Å². The average Bonchev–Trinajstić information content (AvgIpc) is 3.67. The van der Waals surface area contributed by atoms with E-state index in [4.69, 9.17) is 0 Å². The van der Waals surface area contributed by atoms with Gasteiger partial charge in [0.1, 0.15) is 0 Å². The molecule has 178 valence electrons. The van der Waals surface area contributed by atoms with Crippen molar-refractivity contribution in [2.75, 3.05) is 11.4 Å². The Hall–Kier alpha value is -2.12. The summed E-state index contributed by atoms with van der Waals surface area (Å²) >= 11 is 3.29. The third-order valence-corrected chi connectivity index (χ3v) is 10.1. The molecule has 5 nitrogen and oxygen atoms in total. The van der Waals surface area contributed by atoms with Crippen molar-refractivity contribution in [3.63, 3.8) is 0 Å². The molecule has 1 aliphatic heterocycles. The molecule has 2 bridgehead atoms. The number of nitrogens with zero attached hydrogens (tertiary/aromatic N) is 4. The fourth-order valence-corrected chi connectivity index (χ4v) is 8.27. The van der Waals surface area contributed by atoms with E-state index in [1.807, 2.05) is 17.9 Å². The SMILES string of the molecule is CC(Sc1nnc(-c2cccs2)n1C(C)C1CC2CCC1C2)C(=O)N1CCCc2ccccc21. The largest absolute Gasteiger partial charge is 0.311 e. The smallest absolute Gasteiger partial charge is 0.240 e. The molecule has 34 heavy (non-hydrogen) atoms. The molecular formula is C27H32N4OS2. The first-order valence-corrected chi connectivity index (χ1v) is 14.4. The number of benzene rings is 1. The zero-order valence-electron chi connectivity index (χ0n) is 19.9. The molecule has 2 fully saturated rings. The Morgan fingerprint density at radius 1 is 1.12 bits per heavy atom. The highest BCUT2D eigenvalue weighted by atomic mass is 32.2. The summed E-state index contributed by atoms with van der Waals surface area (Å²) in [6.45, 7) is 5.16. The van der Waals surface area contributed by atoms with Gasteiger partial charge in [-0.1, -0.05) is 42.4 Å². The highest BCUT2D eigenvalue weighted by Gasteiger charge is 2.43. The fourth-order valence-electron chi connectivity index (χ4n) is 6.57.